The van der Waals surface area contributed by atoms with Crippen molar-refractivity contribution in [3.63, 3.8) is 0 Å². The SMILES string of the molecule is CC(=O)N1CCCC(C(=O)N(CC(=O)O)CC(=O)O)C1. The van der Waals surface area contributed by atoms with Gasteiger partial charge in [-0.2, -0.15) is 0 Å². The summed E-state index contributed by atoms with van der Waals surface area (Å²) in [7, 11) is 0. The van der Waals surface area contributed by atoms with Crippen LogP contribution in [0.15, 0.2) is 0 Å². The van der Waals surface area contributed by atoms with Crippen LogP contribution in [-0.4, -0.2) is 69.9 Å². The number of carbonyl (C=O) groups excluding carboxylic acids is 2. The third-order valence-corrected chi connectivity index (χ3v) is 3.18. The van der Waals surface area contributed by atoms with Crippen LogP contribution in [0.5, 0.6) is 0 Å². The van der Waals surface area contributed by atoms with E-state index < -0.39 is 36.9 Å². The fourth-order valence-electron chi connectivity index (χ4n) is 2.26. The predicted molar refractivity (Wildman–Crippen MR) is 66.8 cm³/mol. The number of carboxylic acid groups (broad SMARTS) is 2. The second-order valence-electron chi connectivity index (χ2n) is 4.79. The fourth-order valence-corrected chi connectivity index (χ4v) is 2.26. The van der Waals surface area contributed by atoms with Gasteiger partial charge in [-0.3, -0.25) is 19.2 Å². The number of carboxylic acids is 2. The van der Waals surface area contributed by atoms with Crippen molar-refractivity contribution in [2.45, 2.75) is 19.8 Å². The lowest BCUT2D eigenvalue weighted by Gasteiger charge is -2.33. The van der Waals surface area contributed by atoms with Crippen molar-refractivity contribution in [3.8, 4) is 0 Å². The minimum absolute atomic E-state index is 0.148. The van der Waals surface area contributed by atoms with E-state index >= 15 is 0 Å². The molecule has 1 aliphatic heterocycles. The molecule has 0 spiro atoms. The Hall–Kier alpha value is -2.12. The van der Waals surface area contributed by atoms with E-state index in [0.29, 0.717) is 19.4 Å². The number of aliphatic carboxylic acids is 2. The average molecular weight is 286 g/mol. The van der Waals surface area contributed by atoms with Crippen LogP contribution >= 0.6 is 0 Å². The molecule has 0 aromatic carbocycles. The molecule has 0 bridgehead atoms. The molecule has 0 saturated carbocycles. The first-order valence-electron chi connectivity index (χ1n) is 6.29. The summed E-state index contributed by atoms with van der Waals surface area (Å²) in [4.78, 5) is 47.2. The number of carbonyl (C=O) groups is 4. The second-order valence-corrected chi connectivity index (χ2v) is 4.79. The summed E-state index contributed by atoms with van der Waals surface area (Å²) in [6, 6.07) is 0. The van der Waals surface area contributed by atoms with Crippen LogP contribution < -0.4 is 0 Å². The topological polar surface area (TPSA) is 115 Å². The Balaban J connectivity index is 2.74. The number of rotatable bonds is 5. The van der Waals surface area contributed by atoms with E-state index in [1.165, 1.54) is 11.8 Å². The first-order valence-corrected chi connectivity index (χ1v) is 6.29. The zero-order valence-corrected chi connectivity index (χ0v) is 11.2. The molecule has 8 heteroatoms. The van der Waals surface area contributed by atoms with Gasteiger partial charge >= 0.3 is 11.9 Å². The quantitative estimate of drug-likeness (QED) is 0.686. The molecular formula is C12H18N2O6. The zero-order chi connectivity index (χ0) is 15.3. The summed E-state index contributed by atoms with van der Waals surface area (Å²) in [6.07, 6.45) is 1.17. The molecule has 1 atom stereocenters. The number of hydrogen-bond acceptors (Lipinski definition) is 4. The van der Waals surface area contributed by atoms with Gasteiger partial charge in [-0.1, -0.05) is 0 Å². The van der Waals surface area contributed by atoms with Crippen molar-refractivity contribution in [2.24, 2.45) is 5.92 Å². The molecule has 1 unspecified atom stereocenters. The monoisotopic (exact) mass is 286 g/mol. The molecule has 0 aromatic rings. The van der Waals surface area contributed by atoms with Gasteiger partial charge < -0.3 is 20.0 Å². The highest BCUT2D eigenvalue weighted by Gasteiger charge is 2.31. The second kappa shape index (κ2) is 6.88. The normalized spacial score (nSPS) is 18.4. The summed E-state index contributed by atoms with van der Waals surface area (Å²) < 4.78 is 0. The highest BCUT2D eigenvalue weighted by Crippen LogP contribution is 2.19. The molecule has 2 N–H and O–H groups in total. The number of hydrogen-bond donors (Lipinski definition) is 2. The van der Waals surface area contributed by atoms with Crippen molar-refractivity contribution in [1.29, 1.82) is 0 Å². The first kappa shape index (κ1) is 15.9. The lowest BCUT2D eigenvalue weighted by molar-refractivity contribution is -0.152. The van der Waals surface area contributed by atoms with E-state index in [0.717, 1.165) is 4.90 Å². The summed E-state index contributed by atoms with van der Waals surface area (Å²) in [5, 5.41) is 17.5. The summed E-state index contributed by atoms with van der Waals surface area (Å²) >= 11 is 0. The lowest BCUT2D eigenvalue weighted by atomic mass is 9.96. The van der Waals surface area contributed by atoms with Crippen LogP contribution in [0, 0.1) is 5.92 Å². The Kier molecular flexibility index (Phi) is 5.48. The van der Waals surface area contributed by atoms with E-state index in [4.69, 9.17) is 10.2 Å². The third-order valence-electron chi connectivity index (χ3n) is 3.18. The molecular weight excluding hydrogens is 268 g/mol. The minimum atomic E-state index is -1.26. The highest BCUT2D eigenvalue weighted by molar-refractivity contribution is 5.87. The summed E-state index contributed by atoms with van der Waals surface area (Å²) in [5.74, 6) is -3.74. The standard InChI is InChI=1S/C12H18N2O6/c1-8(15)13-4-2-3-9(5-13)12(20)14(6-10(16)17)7-11(18)19/h9H,2-7H2,1H3,(H,16,17)(H,18,19). The Morgan fingerprint density at radius 2 is 1.70 bits per heavy atom. The van der Waals surface area contributed by atoms with Crippen molar-refractivity contribution in [1.82, 2.24) is 9.80 Å². The van der Waals surface area contributed by atoms with Crippen LogP contribution in [0.2, 0.25) is 0 Å². The smallest absolute Gasteiger partial charge is 0.323 e. The molecule has 1 aliphatic rings. The van der Waals surface area contributed by atoms with Gasteiger partial charge in [-0.15, -0.1) is 0 Å². The highest BCUT2D eigenvalue weighted by atomic mass is 16.4. The van der Waals surface area contributed by atoms with Gasteiger partial charge in [0, 0.05) is 20.0 Å². The maximum atomic E-state index is 12.2. The predicted octanol–water partition coefficient (Wildman–Crippen LogP) is -0.757. The first-order chi connectivity index (χ1) is 9.31. The van der Waals surface area contributed by atoms with Crippen LogP contribution in [0.25, 0.3) is 0 Å². The molecule has 1 heterocycles. The van der Waals surface area contributed by atoms with E-state index in [-0.39, 0.29) is 12.5 Å². The van der Waals surface area contributed by atoms with Crippen molar-refractivity contribution in [3.05, 3.63) is 0 Å². The van der Waals surface area contributed by atoms with Crippen LogP contribution in [-0.2, 0) is 19.2 Å². The number of nitrogens with zero attached hydrogens (tertiary/aromatic N) is 2. The number of likely N-dealkylation sites (tertiary alicyclic amines) is 1. The summed E-state index contributed by atoms with van der Waals surface area (Å²) in [5.41, 5.74) is 0. The van der Waals surface area contributed by atoms with Gasteiger partial charge in [-0.05, 0) is 12.8 Å². The zero-order valence-electron chi connectivity index (χ0n) is 11.2. The molecule has 0 aliphatic carbocycles. The van der Waals surface area contributed by atoms with E-state index in [9.17, 15) is 19.2 Å². The largest absolute Gasteiger partial charge is 0.480 e. The molecule has 20 heavy (non-hydrogen) atoms. The Morgan fingerprint density at radius 1 is 1.15 bits per heavy atom. The Bertz CT molecular complexity index is 406. The van der Waals surface area contributed by atoms with Crippen molar-refractivity contribution < 1.29 is 29.4 Å². The van der Waals surface area contributed by atoms with Crippen LogP contribution in [0.1, 0.15) is 19.8 Å². The molecule has 1 saturated heterocycles. The molecule has 8 nitrogen and oxygen atoms in total. The van der Waals surface area contributed by atoms with E-state index in [1.54, 1.807) is 0 Å². The van der Waals surface area contributed by atoms with E-state index in [1.807, 2.05) is 0 Å². The van der Waals surface area contributed by atoms with Gasteiger partial charge in [-0.25, -0.2) is 0 Å². The Labute approximate surface area is 116 Å². The molecule has 2 amide bonds. The lowest BCUT2D eigenvalue weighted by Crippen LogP contribution is -2.48. The molecule has 112 valence electrons. The summed E-state index contributed by atoms with van der Waals surface area (Å²) in [6.45, 7) is 0.878. The third kappa shape index (κ3) is 4.52. The molecule has 1 rings (SSSR count). The van der Waals surface area contributed by atoms with Gasteiger partial charge in [0.15, 0.2) is 0 Å². The average Bonchev–Trinajstić information content (AvgIpc) is 2.36. The maximum absolute atomic E-state index is 12.2. The van der Waals surface area contributed by atoms with Gasteiger partial charge in [0.05, 0.1) is 5.92 Å². The maximum Gasteiger partial charge on any atom is 0.323 e. The Morgan fingerprint density at radius 3 is 2.15 bits per heavy atom. The molecule has 0 aromatic heterocycles. The van der Waals surface area contributed by atoms with Crippen LogP contribution in [0.4, 0.5) is 0 Å². The number of amides is 2. The van der Waals surface area contributed by atoms with Gasteiger partial charge in [0.1, 0.15) is 13.1 Å². The van der Waals surface area contributed by atoms with Crippen molar-refractivity contribution >= 4 is 23.8 Å². The number of piperidine rings is 1. The van der Waals surface area contributed by atoms with E-state index in [2.05, 4.69) is 0 Å². The van der Waals surface area contributed by atoms with Gasteiger partial charge in [0.2, 0.25) is 11.8 Å². The van der Waals surface area contributed by atoms with Crippen molar-refractivity contribution in [2.75, 3.05) is 26.2 Å². The fraction of sp³-hybridized carbons (Fsp3) is 0.667. The molecule has 1 fully saturated rings. The van der Waals surface area contributed by atoms with Crippen LogP contribution in [0.3, 0.4) is 0 Å². The van der Waals surface area contributed by atoms with Gasteiger partial charge in [0.25, 0.3) is 0 Å². The molecule has 0 radical (unpaired) electrons. The minimum Gasteiger partial charge on any atom is -0.480 e.